The summed E-state index contributed by atoms with van der Waals surface area (Å²) in [7, 11) is 0. The number of aromatic nitrogens is 2. The standard InChI is InChI=1S/C20H21N3O4S/c1-3-25-17-9-14-8-12(2)26-16(14)10-15(17)21-18(24)4-5-19-22-20(23-27-19)13-6-7-28-11-13/h6-7,9-12H,3-5,8H2,1-2H3,(H,21,24). The van der Waals surface area contributed by atoms with E-state index in [4.69, 9.17) is 14.0 Å². The largest absolute Gasteiger partial charge is 0.492 e. The Hall–Kier alpha value is -2.87. The van der Waals surface area contributed by atoms with Gasteiger partial charge >= 0.3 is 0 Å². The lowest BCUT2D eigenvalue weighted by Crippen LogP contribution is -2.13. The van der Waals surface area contributed by atoms with Crippen LogP contribution < -0.4 is 14.8 Å². The van der Waals surface area contributed by atoms with E-state index < -0.39 is 0 Å². The van der Waals surface area contributed by atoms with Gasteiger partial charge in [0.05, 0.1) is 12.3 Å². The molecule has 1 atom stereocenters. The number of hydrogen-bond donors (Lipinski definition) is 1. The Balaban J connectivity index is 1.40. The second-order valence-corrected chi connectivity index (χ2v) is 7.37. The van der Waals surface area contributed by atoms with Gasteiger partial charge in [0.25, 0.3) is 0 Å². The Kier molecular flexibility index (Phi) is 5.29. The van der Waals surface area contributed by atoms with Crippen molar-refractivity contribution in [2.24, 2.45) is 0 Å². The quantitative estimate of drug-likeness (QED) is 0.644. The summed E-state index contributed by atoms with van der Waals surface area (Å²) in [4.78, 5) is 16.8. The highest BCUT2D eigenvalue weighted by atomic mass is 32.1. The highest BCUT2D eigenvalue weighted by Crippen LogP contribution is 2.38. The number of benzene rings is 1. The Labute approximate surface area is 166 Å². The SMILES string of the molecule is CCOc1cc2c(cc1NC(=O)CCc1nc(-c3ccsc3)no1)OC(C)C2. The van der Waals surface area contributed by atoms with Gasteiger partial charge in [-0.25, -0.2) is 0 Å². The summed E-state index contributed by atoms with van der Waals surface area (Å²) >= 11 is 1.57. The predicted molar refractivity (Wildman–Crippen MR) is 106 cm³/mol. The summed E-state index contributed by atoms with van der Waals surface area (Å²) in [5.41, 5.74) is 2.63. The first kappa shape index (κ1) is 18.5. The van der Waals surface area contributed by atoms with E-state index in [1.54, 1.807) is 11.3 Å². The van der Waals surface area contributed by atoms with E-state index in [0.717, 1.165) is 23.3 Å². The van der Waals surface area contributed by atoms with Crippen LogP contribution in [0.25, 0.3) is 11.4 Å². The molecule has 0 saturated heterocycles. The summed E-state index contributed by atoms with van der Waals surface area (Å²) in [6.07, 6.45) is 1.56. The number of aryl methyl sites for hydroxylation is 1. The zero-order valence-corrected chi connectivity index (χ0v) is 16.5. The maximum atomic E-state index is 12.4. The maximum absolute atomic E-state index is 12.4. The van der Waals surface area contributed by atoms with Crippen molar-refractivity contribution < 1.29 is 18.8 Å². The van der Waals surface area contributed by atoms with Crippen LogP contribution in [0.15, 0.2) is 33.5 Å². The molecule has 1 amide bonds. The molecule has 28 heavy (non-hydrogen) atoms. The zero-order valence-electron chi connectivity index (χ0n) is 15.7. The Morgan fingerprint density at radius 1 is 1.43 bits per heavy atom. The average Bonchev–Trinajstić information content (AvgIpc) is 3.40. The number of nitrogens with zero attached hydrogens (tertiary/aromatic N) is 2. The van der Waals surface area contributed by atoms with Crippen molar-refractivity contribution in [1.29, 1.82) is 0 Å². The third-order valence-corrected chi connectivity index (χ3v) is 5.07. The Morgan fingerprint density at radius 3 is 3.11 bits per heavy atom. The molecule has 1 aliphatic heterocycles. The molecule has 0 saturated carbocycles. The molecule has 0 aliphatic carbocycles. The molecule has 1 aliphatic rings. The lowest BCUT2D eigenvalue weighted by molar-refractivity contribution is -0.116. The number of fused-ring (bicyclic) bond motifs is 1. The average molecular weight is 399 g/mol. The fourth-order valence-electron chi connectivity index (χ4n) is 3.11. The van der Waals surface area contributed by atoms with E-state index in [0.29, 0.717) is 36.2 Å². The lowest BCUT2D eigenvalue weighted by atomic mass is 10.1. The number of nitrogens with one attached hydrogen (secondary N) is 1. The molecule has 0 radical (unpaired) electrons. The smallest absolute Gasteiger partial charge is 0.227 e. The van der Waals surface area contributed by atoms with Crippen LogP contribution in [0.4, 0.5) is 5.69 Å². The molecule has 3 aromatic rings. The van der Waals surface area contributed by atoms with E-state index in [1.165, 1.54) is 0 Å². The molecule has 1 N–H and O–H groups in total. The number of hydrogen-bond acceptors (Lipinski definition) is 7. The molecule has 0 bridgehead atoms. The molecule has 4 rings (SSSR count). The molecule has 0 fully saturated rings. The van der Waals surface area contributed by atoms with Crippen LogP contribution in [-0.4, -0.2) is 28.8 Å². The van der Waals surface area contributed by atoms with Crippen LogP contribution in [0.1, 0.15) is 31.7 Å². The van der Waals surface area contributed by atoms with E-state index in [1.807, 2.05) is 42.8 Å². The van der Waals surface area contributed by atoms with Crippen molar-refractivity contribution in [1.82, 2.24) is 10.1 Å². The molecule has 3 heterocycles. The predicted octanol–water partition coefficient (Wildman–Crippen LogP) is 4.09. The summed E-state index contributed by atoms with van der Waals surface area (Å²) in [5.74, 6) is 2.28. The van der Waals surface area contributed by atoms with Gasteiger partial charge in [0.2, 0.25) is 17.6 Å². The van der Waals surface area contributed by atoms with E-state index in [2.05, 4.69) is 15.5 Å². The van der Waals surface area contributed by atoms with Gasteiger partial charge in [-0.15, -0.1) is 0 Å². The van der Waals surface area contributed by atoms with Gasteiger partial charge in [-0.05, 0) is 31.4 Å². The van der Waals surface area contributed by atoms with Crippen LogP contribution in [0, 0.1) is 0 Å². The fraction of sp³-hybridized carbons (Fsp3) is 0.350. The maximum Gasteiger partial charge on any atom is 0.227 e. The third kappa shape index (κ3) is 4.01. The molecule has 2 aromatic heterocycles. The van der Waals surface area contributed by atoms with Gasteiger partial charge in [0.15, 0.2) is 0 Å². The van der Waals surface area contributed by atoms with Crippen molar-refractivity contribution in [3.05, 3.63) is 40.4 Å². The van der Waals surface area contributed by atoms with Crippen molar-refractivity contribution in [2.45, 2.75) is 39.2 Å². The lowest BCUT2D eigenvalue weighted by Gasteiger charge is -2.13. The molecular formula is C20H21N3O4S. The van der Waals surface area contributed by atoms with Gasteiger partial charge in [-0.1, -0.05) is 5.16 Å². The van der Waals surface area contributed by atoms with Crippen molar-refractivity contribution in [3.8, 4) is 22.9 Å². The van der Waals surface area contributed by atoms with Crippen LogP contribution in [0.5, 0.6) is 11.5 Å². The second kappa shape index (κ2) is 8.02. The van der Waals surface area contributed by atoms with Gasteiger partial charge in [0, 0.05) is 41.8 Å². The van der Waals surface area contributed by atoms with E-state index in [-0.39, 0.29) is 18.4 Å². The van der Waals surface area contributed by atoms with Crippen LogP contribution in [0.2, 0.25) is 0 Å². The fourth-order valence-corrected chi connectivity index (χ4v) is 3.74. The topological polar surface area (TPSA) is 86.5 Å². The third-order valence-electron chi connectivity index (χ3n) is 4.39. The number of carbonyl (C=O) groups excluding carboxylic acids is 1. The summed E-state index contributed by atoms with van der Waals surface area (Å²) in [6.45, 7) is 4.46. The Morgan fingerprint density at radius 2 is 2.32 bits per heavy atom. The van der Waals surface area contributed by atoms with Gasteiger partial charge in [-0.2, -0.15) is 16.3 Å². The number of anilines is 1. The minimum Gasteiger partial charge on any atom is -0.492 e. The van der Waals surface area contributed by atoms with Gasteiger partial charge in [-0.3, -0.25) is 4.79 Å². The first-order valence-corrected chi connectivity index (χ1v) is 10.2. The van der Waals surface area contributed by atoms with Crippen LogP contribution >= 0.6 is 11.3 Å². The minimum atomic E-state index is -0.151. The number of ether oxygens (including phenoxy) is 2. The van der Waals surface area contributed by atoms with Crippen LogP contribution in [-0.2, 0) is 17.6 Å². The molecule has 146 valence electrons. The van der Waals surface area contributed by atoms with E-state index >= 15 is 0 Å². The highest BCUT2D eigenvalue weighted by Gasteiger charge is 2.22. The highest BCUT2D eigenvalue weighted by molar-refractivity contribution is 7.08. The normalized spacial score (nSPS) is 15.1. The van der Waals surface area contributed by atoms with Crippen LogP contribution in [0.3, 0.4) is 0 Å². The van der Waals surface area contributed by atoms with Crippen molar-refractivity contribution in [2.75, 3.05) is 11.9 Å². The number of amides is 1. The first-order valence-electron chi connectivity index (χ1n) is 9.23. The molecule has 1 aromatic carbocycles. The number of carbonyl (C=O) groups is 1. The number of thiophene rings is 1. The summed E-state index contributed by atoms with van der Waals surface area (Å²) in [6, 6.07) is 5.71. The monoisotopic (exact) mass is 399 g/mol. The van der Waals surface area contributed by atoms with Crippen molar-refractivity contribution in [3.63, 3.8) is 0 Å². The van der Waals surface area contributed by atoms with Crippen molar-refractivity contribution >= 4 is 22.9 Å². The minimum absolute atomic E-state index is 0.130. The molecule has 0 spiro atoms. The summed E-state index contributed by atoms with van der Waals surface area (Å²) in [5, 5.41) is 10.8. The molecule has 1 unspecified atom stereocenters. The van der Waals surface area contributed by atoms with Gasteiger partial charge in [0.1, 0.15) is 17.6 Å². The summed E-state index contributed by atoms with van der Waals surface area (Å²) < 4.78 is 16.7. The number of rotatable bonds is 7. The Bertz CT molecular complexity index is 968. The zero-order chi connectivity index (χ0) is 19.5. The molecule has 7 nitrogen and oxygen atoms in total. The van der Waals surface area contributed by atoms with E-state index in [9.17, 15) is 4.79 Å². The second-order valence-electron chi connectivity index (χ2n) is 6.59. The first-order chi connectivity index (χ1) is 13.6. The van der Waals surface area contributed by atoms with Gasteiger partial charge < -0.3 is 19.3 Å². The molecular weight excluding hydrogens is 378 g/mol. The molecule has 8 heteroatoms.